The Bertz CT molecular complexity index is 919. The van der Waals surface area contributed by atoms with Gasteiger partial charge in [-0.15, -0.1) is 0 Å². The van der Waals surface area contributed by atoms with Gasteiger partial charge in [-0.05, 0) is 68.2 Å². The number of carbonyl (C=O) groups excluding carboxylic acids is 1. The Hall–Kier alpha value is -2.43. The van der Waals surface area contributed by atoms with Crippen molar-refractivity contribution in [3.05, 3.63) is 68.9 Å². The van der Waals surface area contributed by atoms with E-state index in [0.717, 1.165) is 42.5 Å². The zero-order valence-corrected chi connectivity index (χ0v) is 17.0. The minimum Gasteiger partial charge on any atom is -0.338 e. The Kier molecular flexibility index (Phi) is 6.32. The molecule has 1 aliphatic rings. The van der Waals surface area contributed by atoms with E-state index in [-0.39, 0.29) is 22.8 Å². The lowest BCUT2D eigenvalue weighted by molar-refractivity contribution is 0.0665. The molecule has 2 aromatic rings. The molecule has 2 heterocycles. The molecule has 150 valence electrons. The predicted octanol–water partition coefficient (Wildman–Crippen LogP) is 3.88. The lowest BCUT2D eigenvalue weighted by Crippen LogP contribution is -2.43. The summed E-state index contributed by atoms with van der Waals surface area (Å²) in [6, 6.07) is 8.61. The second kappa shape index (κ2) is 8.72. The number of halogens is 1. The van der Waals surface area contributed by atoms with E-state index in [2.05, 4.69) is 0 Å². The highest BCUT2D eigenvalue weighted by Gasteiger charge is 2.27. The number of aryl methyl sites for hydroxylation is 2. The van der Waals surface area contributed by atoms with Gasteiger partial charge in [-0.2, -0.15) is 0 Å². The second-order valence-electron chi connectivity index (χ2n) is 7.79. The highest BCUT2D eigenvalue weighted by atomic mass is 19.1. The number of hydrogen-bond donors (Lipinski definition) is 0. The summed E-state index contributed by atoms with van der Waals surface area (Å²) in [7, 11) is 1.73. The van der Waals surface area contributed by atoms with Crippen LogP contribution in [0.4, 0.5) is 4.39 Å². The number of carbonyl (C=O) groups is 1. The van der Waals surface area contributed by atoms with E-state index in [1.54, 1.807) is 28.6 Å². The van der Waals surface area contributed by atoms with E-state index in [1.165, 1.54) is 6.07 Å². The maximum atomic E-state index is 13.9. The summed E-state index contributed by atoms with van der Waals surface area (Å²) >= 11 is 0. The van der Waals surface area contributed by atoms with Crippen molar-refractivity contribution in [1.82, 2.24) is 9.47 Å². The van der Waals surface area contributed by atoms with Crippen LogP contribution in [0.15, 0.2) is 35.1 Å². The minimum atomic E-state index is -0.221. The fourth-order valence-corrected chi connectivity index (χ4v) is 4.31. The Morgan fingerprint density at radius 2 is 2.04 bits per heavy atom. The van der Waals surface area contributed by atoms with Crippen molar-refractivity contribution in [2.24, 2.45) is 13.0 Å². The van der Waals surface area contributed by atoms with Crippen LogP contribution in [0.3, 0.4) is 0 Å². The molecule has 3 rings (SSSR count). The third kappa shape index (κ3) is 4.18. The van der Waals surface area contributed by atoms with Gasteiger partial charge in [-0.25, -0.2) is 4.39 Å². The molecular weight excluding hydrogens is 355 g/mol. The monoisotopic (exact) mass is 384 g/mol. The molecule has 0 aliphatic carbocycles. The molecule has 1 aliphatic heterocycles. The SMILES string of the molecule is CCc1c(C)cc(C(=O)N2CCC[C@H](CCc3ccccc3F)C2)c(=O)n1C. The molecule has 28 heavy (non-hydrogen) atoms. The first kappa shape index (κ1) is 20.3. The van der Waals surface area contributed by atoms with E-state index in [0.29, 0.717) is 25.4 Å². The van der Waals surface area contributed by atoms with Gasteiger partial charge in [-0.1, -0.05) is 25.1 Å². The van der Waals surface area contributed by atoms with Gasteiger partial charge in [0.15, 0.2) is 0 Å². The Morgan fingerprint density at radius 3 is 2.75 bits per heavy atom. The van der Waals surface area contributed by atoms with Gasteiger partial charge in [0.25, 0.3) is 11.5 Å². The molecule has 1 amide bonds. The zero-order valence-electron chi connectivity index (χ0n) is 17.0. The molecule has 1 atom stereocenters. The molecule has 4 nitrogen and oxygen atoms in total. The van der Waals surface area contributed by atoms with Gasteiger partial charge in [-0.3, -0.25) is 9.59 Å². The predicted molar refractivity (Wildman–Crippen MR) is 109 cm³/mol. The van der Waals surface area contributed by atoms with E-state index in [4.69, 9.17) is 0 Å². The summed E-state index contributed by atoms with van der Waals surface area (Å²) in [4.78, 5) is 27.5. The van der Waals surface area contributed by atoms with Crippen LogP contribution >= 0.6 is 0 Å². The molecular formula is C23H29FN2O2. The molecule has 0 spiro atoms. The van der Waals surface area contributed by atoms with Crippen molar-refractivity contribution in [3.8, 4) is 0 Å². The first-order valence-corrected chi connectivity index (χ1v) is 10.1. The molecule has 0 saturated carbocycles. The van der Waals surface area contributed by atoms with Crippen LogP contribution in [-0.4, -0.2) is 28.5 Å². The normalized spacial score (nSPS) is 17.0. The average molecular weight is 384 g/mol. The molecule has 1 aromatic carbocycles. The summed E-state index contributed by atoms with van der Waals surface area (Å²) in [5.74, 6) is -0.0136. The number of pyridine rings is 1. The molecule has 1 aromatic heterocycles. The maximum absolute atomic E-state index is 13.9. The van der Waals surface area contributed by atoms with Crippen LogP contribution in [-0.2, 0) is 19.9 Å². The Labute approximate surface area is 166 Å². The van der Waals surface area contributed by atoms with Gasteiger partial charge in [0, 0.05) is 25.8 Å². The first-order chi connectivity index (χ1) is 13.4. The fourth-order valence-electron chi connectivity index (χ4n) is 4.31. The van der Waals surface area contributed by atoms with Gasteiger partial charge >= 0.3 is 0 Å². The molecule has 1 saturated heterocycles. The Morgan fingerprint density at radius 1 is 1.29 bits per heavy atom. The number of aromatic nitrogens is 1. The largest absolute Gasteiger partial charge is 0.338 e. The Balaban J connectivity index is 1.71. The summed E-state index contributed by atoms with van der Waals surface area (Å²) in [5.41, 5.74) is 2.70. The van der Waals surface area contributed by atoms with E-state index in [1.807, 2.05) is 26.0 Å². The number of hydrogen-bond acceptors (Lipinski definition) is 2. The second-order valence-corrected chi connectivity index (χ2v) is 7.79. The van der Waals surface area contributed by atoms with Crippen LogP contribution in [0.2, 0.25) is 0 Å². The van der Waals surface area contributed by atoms with Gasteiger partial charge in [0.1, 0.15) is 11.4 Å². The van der Waals surface area contributed by atoms with Crippen molar-refractivity contribution < 1.29 is 9.18 Å². The van der Waals surface area contributed by atoms with E-state index >= 15 is 0 Å². The number of amides is 1. The highest BCUT2D eigenvalue weighted by Crippen LogP contribution is 2.23. The van der Waals surface area contributed by atoms with Crippen LogP contribution in [0, 0.1) is 18.7 Å². The van der Waals surface area contributed by atoms with Crippen molar-refractivity contribution in [3.63, 3.8) is 0 Å². The van der Waals surface area contributed by atoms with Crippen LogP contribution < -0.4 is 5.56 Å². The van der Waals surface area contributed by atoms with Crippen molar-refractivity contribution in [2.75, 3.05) is 13.1 Å². The first-order valence-electron chi connectivity index (χ1n) is 10.1. The lowest BCUT2D eigenvalue weighted by Gasteiger charge is -2.33. The van der Waals surface area contributed by atoms with E-state index in [9.17, 15) is 14.0 Å². The smallest absolute Gasteiger partial charge is 0.263 e. The topological polar surface area (TPSA) is 42.3 Å². The number of rotatable bonds is 5. The van der Waals surface area contributed by atoms with Crippen molar-refractivity contribution in [2.45, 2.75) is 46.0 Å². The van der Waals surface area contributed by atoms with Crippen LogP contribution in [0.25, 0.3) is 0 Å². The average Bonchev–Trinajstić information content (AvgIpc) is 2.70. The summed E-state index contributed by atoms with van der Waals surface area (Å²) in [6.07, 6.45) is 4.22. The number of benzene rings is 1. The molecule has 0 unspecified atom stereocenters. The third-order valence-corrected chi connectivity index (χ3v) is 5.91. The minimum absolute atomic E-state index is 0.166. The lowest BCUT2D eigenvalue weighted by atomic mass is 9.91. The summed E-state index contributed by atoms with van der Waals surface area (Å²) in [6.45, 7) is 5.26. The fraction of sp³-hybridized carbons (Fsp3) is 0.478. The third-order valence-electron chi connectivity index (χ3n) is 5.91. The molecule has 5 heteroatoms. The molecule has 1 fully saturated rings. The quantitative estimate of drug-likeness (QED) is 0.785. The summed E-state index contributed by atoms with van der Waals surface area (Å²) < 4.78 is 15.4. The number of piperidine rings is 1. The van der Waals surface area contributed by atoms with Gasteiger partial charge in [0.2, 0.25) is 0 Å². The molecule has 0 bridgehead atoms. The van der Waals surface area contributed by atoms with Gasteiger partial charge in [0.05, 0.1) is 0 Å². The molecule has 0 N–H and O–H groups in total. The van der Waals surface area contributed by atoms with Crippen LogP contribution in [0.1, 0.15) is 53.4 Å². The number of likely N-dealkylation sites (tertiary alicyclic amines) is 1. The van der Waals surface area contributed by atoms with Crippen molar-refractivity contribution in [1.29, 1.82) is 0 Å². The summed E-state index contributed by atoms with van der Waals surface area (Å²) in [5, 5.41) is 0. The van der Waals surface area contributed by atoms with Crippen LogP contribution in [0.5, 0.6) is 0 Å². The standard InChI is InChI=1S/C23H29FN2O2/c1-4-21-16(2)14-19(22(27)25(21)3)23(28)26-13-7-8-17(15-26)11-12-18-9-5-6-10-20(18)24/h5-6,9-10,14,17H,4,7-8,11-13,15H2,1-3H3/t17-/m1/s1. The number of nitrogens with zero attached hydrogens (tertiary/aromatic N) is 2. The maximum Gasteiger partial charge on any atom is 0.263 e. The molecule has 0 radical (unpaired) electrons. The highest BCUT2D eigenvalue weighted by molar-refractivity contribution is 5.94. The zero-order chi connectivity index (χ0) is 20.3. The van der Waals surface area contributed by atoms with Crippen molar-refractivity contribution >= 4 is 5.91 Å². The van der Waals surface area contributed by atoms with Gasteiger partial charge < -0.3 is 9.47 Å². The van der Waals surface area contributed by atoms with E-state index < -0.39 is 0 Å².